The molecule has 0 aromatic carbocycles. The van der Waals surface area contributed by atoms with Crippen molar-refractivity contribution in [1.29, 1.82) is 0 Å². The van der Waals surface area contributed by atoms with Crippen LogP contribution < -0.4 is 0 Å². The topological polar surface area (TPSA) is 24.6 Å². The molecule has 2 nitrogen and oxygen atoms in total. The molecule has 0 bridgehead atoms. The van der Waals surface area contributed by atoms with Gasteiger partial charge < -0.3 is 9.95 Å². The van der Waals surface area contributed by atoms with Crippen LogP contribution in [0.1, 0.15) is 22.8 Å². The van der Waals surface area contributed by atoms with Crippen LogP contribution in [0.25, 0.3) is 4.85 Å². The van der Waals surface area contributed by atoms with Gasteiger partial charge in [0, 0.05) is 9.75 Å². The van der Waals surface area contributed by atoms with Gasteiger partial charge in [0.05, 0.1) is 0 Å². The van der Waals surface area contributed by atoms with Crippen molar-refractivity contribution >= 4 is 11.3 Å². The second-order valence-electron chi connectivity index (χ2n) is 2.51. The van der Waals surface area contributed by atoms with Gasteiger partial charge in [-0.25, -0.2) is 6.57 Å². The summed E-state index contributed by atoms with van der Waals surface area (Å²) in [7, 11) is 0. The van der Waals surface area contributed by atoms with E-state index in [1.54, 1.807) is 11.3 Å². The van der Waals surface area contributed by atoms with Crippen molar-refractivity contribution in [3.8, 4) is 0 Å². The van der Waals surface area contributed by atoms with E-state index < -0.39 is 6.10 Å². The van der Waals surface area contributed by atoms with Crippen LogP contribution in [0.4, 0.5) is 0 Å². The quantitative estimate of drug-likeness (QED) is 0.711. The Hall–Kier alpha value is -0.850. The highest BCUT2D eigenvalue weighted by Gasteiger charge is 2.11. The smallest absolute Gasteiger partial charge is 0.245 e. The van der Waals surface area contributed by atoms with Crippen LogP contribution in [0.3, 0.4) is 0 Å². The van der Waals surface area contributed by atoms with Gasteiger partial charge >= 0.3 is 0 Å². The average Bonchev–Trinajstić information content (AvgIpc) is 2.52. The van der Waals surface area contributed by atoms with E-state index in [2.05, 4.69) is 11.8 Å². The average molecular weight is 181 g/mol. The second kappa shape index (κ2) is 4.24. The van der Waals surface area contributed by atoms with Crippen molar-refractivity contribution in [2.45, 2.75) is 19.4 Å². The maximum Gasteiger partial charge on any atom is 0.245 e. The van der Waals surface area contributed by atoms with E-state index in [9.17, 15) is 5.11 Å². The van der Waals surface area contributed by atoms with Gasteiger partial charge in [0.25, 0.3) is 0 Å². The number of aliphatic hydroxyl groups is 1. The van der Waals surface area contributed by atoms with Crippen molar-refractivity contribution in [2.24, 2.45) is 0 Å². The van der Waals surface area contributed by atoms with Gasteiger partial charge in [-0.3, -0.25) is 0 Å². The van der Waals surface area contributed by atoms with E-state index in [1.807, 2.05) is 12.1 Å². The Balaban J connectivity index is 2.69. The molecule has 0 radical (unpaired) electrons. The molecular formula is C9H11NOS. The first-order valence-corrected chi connectivity index (χ1v) is 4.69. The van der Waals surface area contributed by atoms with Crippen molar-refractivity contribution in [3.05, 3.63) is 33.3 Å². The third kappa shape index (κ3) is 2.07. The fraction of sp³-hybridized carbons (Fsp3) is 0.444. The molecule has 3 heteroatoms. The Kier molecular flexibility index (Phi) is 3.27. The van der Waals surface area contributed by atoms with Crippen LogP contribution in [0.15, 0.2) is 12.1 Å². The zero-order valence-corrected chi connectivity index (χ0v) is 7.77. The Morgan fingerprint density at radius 2 is 2.42 bits per heavy atom. The number of aryl methyl sites for hydroxylation is 1. The molecule has 0 aliphatic carbocycles. The largest absolute Gasteiger partial charge is 0.380 e. The molecular weight excluding hydrogens is 170 g/mol. The maximum absolute atomic E-state index is 9.43. The fourth-order valence-corrected chi connectivity index (χ4v) is 1.87. The van der Waals surface area contributed by atoms with E-state index >= 15 is 0 Å². The molecule has 0 aliphatic heterocycles. The Morgan fingerprint density at radius 1 is 1.67 bits per heavy atom. The molecule has 1 aromatic rings. The van der Waals surface area contributed by atoms with E-state index in [-0.39, 0.29) is 6.54 Å². The predicted octanol–water partition coefficient (Wildman–Crippen LogP) is 2.26. The molecule has 1 N–H and O–H groups in total. The zero-order chi connectivity index (χ0) is 8.97. The lowest BCUT2D eigenvalue weighted by Gasteiger charge is -1.97. The first-order chi connectivity index (χ1) is 5.77. The monoisotopic (exact) mass is 181 g/mol. The highest BCUT2D eigenvalue weighted by Crippen LogP contribution is 2.23. The lowest BCUT2D eigenvalue weighted by Crippen LogP contribution is -1.96. The van der Waals surface area contributed by atoms with Crippen molar-refractivity contribution < 1.29 is 5.11 Å². The zero-order valence-electron chi connectivity index (χ0n) is 6.95. The summed E-state index contributed by atoms with van der Waals surface area (Å²) in [5.74, 6) is 0. The number of hydrogen-bond acceptors (Lipinski definition) is 2. The van der Waals surface area contributed by atoms with Crippen molar-refractivity contribution in [1.82, 2.24) is 0 Å². The summed E-state index contributed by atoms with van der Waals surface area (Å²) in [4.78, 5) is 5.32. The first-order valence-electron chi connectivity index (χ1n) is 3.87. The molecule has 0 aliphatic rings. The van der Waals surface area contributed by atoms with Crippen LogP contribution in [0, 0.1) is 6.57 Å². The number of hydrogen-bond donors (Lipinski definition) is 1. The Bertz CT molecular complexity index is 287. The fourth-order valence-electron chi connectivity index (χ4n) is 0.940. The molecule has 0 saturated heterocycles. The lowest BCUT2D eigenvalue weighted by molar-refractivity contribution is 0.199. The minimum atomic E-state index is -0.590. The van der Waals surface area contributed by atoms with Gasteiger partial charge in [0.1, 0.15) is 0 Å². The lowest BCUT2D eigenvalue weighted by atomic mass is 10.3. The first kappa shape index (κ1) is 9.24. The molecule has 64 valence electrons. The van der Waals surface area contributed by atoms with E-state index in [0.29, 0.717) is 0 Å². The molecule has 1 heterocycles. The van der Waals surface area contributed by atoms with Gasteiger partial charge in [-0.15, -0.1) is 11.3 Å². The highest BCUT2D eigenvalue weighted by atomic mass is 32.1. The number of aliphatic hydroxyl groups excluding tert-OH is 1. The summed E-state index contributed by atoms with van der Waals surface area (Å²) >= 11 is 1.59. The van der Waals surface area contributed by atoms with Crippen LogP contribution in [-0.4, -0.2) is 11.7 Å². The van der Waals surface area contributed by atoms with Crippen LogP contribution in [0.5, 0.6) is 0 Å². The summed E-state index contributed by atoms with van der Waals surface area (Å²) in [5.41, 5.74) is 0. The standard InChI is InChI=1S/C9H11NOS/c1-3-7-4-5-9(12-7)8(11)6-10-2/h4-5,8,11H,3,6H2,1H3. The molecule has 1 rings (SSSR count). The molecule has 0 saturated carbocycles. The molecule has 0 amide bonds. The SMILES string of the molecule is [C-]#[N+]CC(O)c1ccc(CC)s1. The van der Waals surface area contributed by atoms with Gasteiger partial charge in [0.2, 0.25) is 6.54 Å². The molecule has 0 spiro atoms. The Labute approximate surface area is 76.3 Å². The number of rotatable bonds is 3. The molecule has 1 unspecified atom stereocenters. The molecule has 1 aromatic heterocycles. The number of nitrogens with zero attached hydrogens (tertiary/aromatic N) is 1. The predicted molar refractivity (Wildman–Crippen MR) is 50.1 cm³/mol. The third-order valence-corrected chi connectivity index (χ3v) is 2.95. The summed E-state index contributed by atoms with van der Waals surface area (Å²) in [5, 5.41) is 9.43. The van der Waals surface area contributed by atoms with E-state index in [0.717, 1.165) is 11.3 Å². The van der Waals surface area contributed by atoms with E-state index in [4.69, 9.17) is 6.57 Å². The highest BCUT2D eigenvalue weighted by molar-refractivity contribution is 7.12. The minimum Gasteiger partial charge on any atom is -0.380 e. The van der Waals surface area contributed by atoms with E-state index in [1.165, 1.54) is 4.88 Å². The van der Waals surface area contributed by atoms with Gasteiger partial charge in [-0.05, 0) is 18.6 Å². The minimum absolute atomic E-state index is 0.170. The normalized spacial score (nSPS) is 12.4. The van der Waals surface area contributed by atoms with Crippen molar-refractivity contribution in [2.75, 3.05) is 6.54 Å². The molecule has 1 atom stereocenters. The van der Waals surface area contributed by atoms with Crippen LogP contribution in [0.2, 0.25) is 0 Å². The summed E-state index contributed by atoms with van der Waals surface area (Å²) < 4.78 is 0. The van der Waals surface area contributed by atoms with Gasteiger partial charge in [-0.1, -0.05) is 6.92 Å². The molecule has 0 fully saturated rings. The van der Waals surface area contributed by atoms with Gasteiger partial charge in [-0.2, -0.15) is 0 Å². The van der Waals surface area contributed by atoms with Crippen molar-refractivity contribution in [3.63, 3.8) is 0 Å². The number of thiophene rings is 1. The Morgan fingerprint density at radius 3 is 2.92 bits per heavy atom. The maximum atomic E-state index is 9.43. The summed E-state index contributed by atoms with van der Waals surface area (Å²) in [6.45, 7) is 8.85. The summed E-state index contributed by atoms with van der Waals surface area (Å²) in [6.07, 6.45) is 0.405. The molecule has 12 heavy (non-hydrogen) atoms. The summed E-state index contributed by atoms with van der Waals surface area (Å²) in [6, 6.07) is 3.91. The second-order valence-corrected chi connectivity index (χ2v) is 3.71. The van der Waals surface area contributed by atoms with Gasteiger partial charge in [0.15, 0.2) is 6.10 Å². The van der Waals surface area contributed by atoms with Crippen LogP contribution in [-0.2, 0) is 6.42 Å². The third-order valence-electron chi connectivity index (χ3n) is 1.62. The van der Waals surface area contributed by atoms with Crippen LogP contribution >= 0.6 is 11.3 Å².